The predicted molar refractivity (Wildman–Crippen MR) is 82.7 cm³/mol. The van der Waals surface area contributed by atoms with E-state index in [1.54, 1.807) is 6.20 Å². The monoisotopic (exact) mass is 351 g/mol. The van der Waals surface area contributed by atoms with Crippen LogP contribution < -0.4 is 0 Å². The molecule has 21 heavy (non-hydrogen) atoms. The molecule has 1 aliphatic carbocycles. The normalized spacial score (nSPS) is 17.2. The largest absolute Gasteiger partial charge is 0.454 e. The van der Waals surface area contributed by atoms with Gasteiger partial charge in [-0.15, -0.1) is 0 Å². The number of hydrogen-bond acceptors (Lipinski definition) is 4. The first-order chi connectivity index (χ1) is 10.1. The van der Waals surface area contributed by atoms with E-state index >= 15 is 0 Å². The molecule has 112 valence electrons. The molecule has 0 aromatic carbocycles. The zero-order valence-corrected chi connectivity index (χ0v) is 13.5. The average molecular weight is 352 g/mol. The van der Waals surface area contributed by atoms with Crippen LogP contribution in [-0.4, -0.2) is 20.9 Å². The molecule has 0 amide bonds. The van der Waals surface area contributed by atoms with Crippen LogP contribution in [-0.2, 0) is 9.53 Å². The smallest absolute Gasteiger partial charge is 0.306 e. The van der Waals surface area contributed by atoms with Crippen LogP contribution in [0.3, 0.4) is 0 Å². The van der Waals surface area contributed by atoms with Crippen molar-refractivity contribution in [2.75, 3.05) is 0 Å². The predicted octanol–water partition coefficient (Wildman–Crippen LogP) is 3.90. The maximum Gasteiger partial charge on any atom is 0.306 e. The molecule has 1 saturated carbocycles. The molecule has 1 atom stereocenters. The van der Waals surface area contributed by atoms with Gasteiger partial charge < -0.3 is 9.72 Å². The van der Waals surface area contributed by atoms with Crippen LogP contribution in [0.25, 0.3) is 11.2 Å². The topological polar surface area (TPSA) is 67.9 Å². The van der Waals surface area contributed by atoms with Gasteiger partial charge in [-0.1, -0.05) is 12.8 Å². The van der Waals surface area contributed by atoms with Crippen molar-refractivity contribution in [3.8, 4) is 0 Å². The van der Waals surface area contributed by atoms with Gasteiger partial charge in [0.15, 0.2) is 11.8 Å². The van der Waals surface area contributed by atoms with E-state index in [0.29, 0.717) is 23.8 Å². The van der Waals surface area contributed by atoms with Crippen LogP contribution in [0.15, 0.2) is 16.7 Å². The van der Waals surface area contributed by atoms with E-state index < -0.39 is 0 Å². The number of nitrogens with one attached hydrogen (secondary N) is 1. The molecule has 0 aliphatic heterocycles. The second-order valence-corrected chi connectivity index (χ2v) is 6.55. The number of rotatable bonds is 4. The van der Waals surface area contributed by atoms with Crippen molar-refractivity contribution in [2.24, 2.45) is 5.92 Å². The van der Waals surface area contributed by atoms with Crippen molar-refractivity contribution in [3.05, 3.63) is 22.6 Å². The lowest BCUT2D eigenvalue weighted by Gasteiger charge is -2.13. The van der Waals surface area contributed by atoms with Gasteiger partial charge >= 0.3 is 5.97 Å². The molecule has 1 N–H and O–H groups in total. The van der Waals surface area contributed by atoms with Gasteiger partial charge in [-0.2, -0.15) is 0 Å². The summed E-state index contributed by atoms with van der Waals surface area (Å²) >= 11 is 3.37. The van der Waals surface area contributed by atoms with Crippen molar-refractivity contribution in [1.82, 2.24) is 15.0 Å². The van der Waals surface area contributed by atoms with Gasteiger partial charge in [0.2, 0.25) is 0 Å². The third kappa shape index (κ3) is 3.43. The van der Waals surface area contributed by atoms with Crippen molar-refractivity contribution in [2.45, 2.75) is 45.1 Å². The molecule has 2 aromatic heterocycles. The summed E-state index contributed by atoms with van der Waals surface area (Å²) < 4.78 is 6.37. The average Bonchev–Trinajstić information content (AvgIpc) is 3.06. The van der Waals surface area contributed by atoms with Crippen molar-refractivity contribution in [1.29, 1.82) is 0 Å². The summed E-state index contributed by atoms with van der Waals surface area (Å²) in [6.07, 6.45) is 6.60. The number of aromatic nitrogens is 3. The number of H-pyrrole nitrogens is 1. The summed E-state index contributed by atoms with van der Waals surface area (Å²) in [6, 6.07) is 1.91. The highest BCUT2D eigenvalue weighted by Crippen LogP contribution is 2.28. The van der Waals surface area contributed by atoms with Crippen LogP contribution in [0, 0.1) is 5.92 Å². The molecular weight excluding hydrogens is 334 g/mol. The van der Waals surface area contributed by atoms with Crippen LogP contribution in [0.1, 0.15) is 51.0 Å². The fraction of sp³-hybridized carbons (Fsp3) is 0.533. The first-order valence-electron chi connectivity index (χ1n) is 7.32. The van der Waals surface area contributed by atoms with E-state index in [1.807, 2.05) is 13.0 Å². The third-order valence-electron chi connectivity index (χ3n) is 3.95. The third-order valence-corrected chi connectivity index (χ3v) is 4.38. The van der Waals surface area contributed by atoms with E-state index in [-0.39, 0.29) is 12.1 Å². The minimum absolute atomic E-state index is 0.135. The van der Waals surface area contributed by atoms with E-state index in [2.05, 4.69) is 30.9 Å². The Morgan fingerprint density at radius 3 is 3.05 bits per heavy atom. The number of nitrogens with zero attached hydrogens (tertiary/aromatic N) is 2. The van der Waals surface area contributed by atoms with Gasteiger partial charge in [-0.05, 0) is 47.7 Å². The van der Waals surface area contributed by atoms with Crippen molar-refractivity contribution in [3.63, 3.8) is 0 Å². The molecule has 1 unspecified atom stereocenters. The number of halogens is 1. The highest BCUT2D eigenvalue weighted by Gasteiger charge is 2.22. The van der Waals surface area contributed by atoms with E-state index in [1.165, 1.54) is 12.8 Å². The van der Waals surface area contributed by atoms with E-state index in [4.69, 9.17) is 4.74 Å². The van der Waals surface area contributed by atoms with Crippen LogP contribution in [0.2, 0.25) is 0 Å². The summed E-state index contributed by atoms with van der Waals surface area (Å²) in [5.41, 5.74) is 1.46. The number of esters is 1. The first kappa shape index (κ1) is 14.5. The van der Waals surface area contributed by atoms with Gasteiger partial charge in [0.1, 0.15) is 5.82 Å². The van der Waals surface area contributed by atoms with Crippen LogP contribution in [0.4, 0.5) is 0 Å². The summed E-state index contributed by atoms with van der Waals surface area (Å²) in [7, 11) is 0. The highest BCUT2D eigenvalue weighted by atomic mass is 79.9. The highest BCUT2D eigenvalue weighted by molar-refractivity contribution is 9.10. The number of carbonyl (C=O) groups is 1. The molecule has 1 aliphatic rings. The van der Waals surface area contributed by atoms with Crippen molar-refractivity contribution >= 4 is 33.1 Å². The van der Waals surface area contributed by atoms with Crippen molar-refractivity contribution < 1.29 is 9.53 Å². The Morgan fingerprint density at radius 2 is 2.29 bits per heavy atom. The van der Waals surface area contributed by atoms with E-state index in [9.17, 15) is 4.79 Å². The summed E-state index contributed by atoms with van der Waals surface area (Å²) in [5.74, 6) is 0.998. The SMILES string of the molecule is CC(OC(=O)CC1CCCC1)c1nc2ncc(Br)cc2[nH]1. The minimum atomic E-state index is -0.383. The maximum absolute atomic E-state index is 12.0. The number of fused-ring (bicyclic) bond motifs is 1. The molecule has 2 heterocycles. The first-order valence-corrected chi connectivity index (χ1v) is 8.12. The van der Waals surface area contributed by atoms with Gasteiger partial charge in [0, 0.05) is 17.1 Å². The second-order valence-electron chi connectivity index (χ2n) is 5.63. The molecule has 1 fully saturated rings. The zero-order chi connectivity index (χ0) is 14.8. The summed E-state index contributed by atoms with van der Waals surface area (Å²) in [5, 5.41) is 0. The second kappa shape index (κ2) is 6.13. The molecular formula is C15H18BrN3O2. The number of aromatic amines is 1. The van der Waals surface area contributed by atoms with E-state index in [0.717, 1.165) is 22.8 Å². The molecule has 0 saturated heterocycles. The quantitative estimate of drug-likeness (QED) is 0.848. The number of pyridine rings is 1. The summed E-state index contributed by atoms with van der Waals surface area (Å²) in [6.45, 7) is 1.83. The standard InChI is InChI=1S/C15H18BrN3O2/c1-9(21-13(20)6-10-4-2-3-5-10)14-18-12-7-11(16)8-17-15(12)19-14/h7-10H,2-6H2,1H3,(H,17,18,19). The Balaban J connectivity index is 1.65. The molecule has 6 heteroatoms. The molecule has 0 spiro atoms. The number of imidazole rings is 1. The number of ether oxygens (including phenoxy) is 1. The lowest BCUT2D eigenvalue weighted by molar-refractivity contribution is -0.150. The molecule has 0 bridgehead atoms. The fourth-order valence-corrected chi connectivity index (χ4v) is 3.17. The number of carbonyl (C=O) groups excluding carboxylic acids is 1. The molecule has 2 aromatic rings. The Labute approximate surface area is 131 Å². The molecule has 3 rings (SSSR count). The Kier molecular flexibility index (Phi) is 4.24. The number of hydrogen-bond donors (Lipinski definition) is 1. The Bertz CT molecular complexity index is 649. The maximum atomic E-state index is 12.0. The van der Waals surface area contributed by atoms with Gasteiger partial charge in [0.25, 0.3) is 0 Å². The van der Waals surface area contributed by atoms with Gasteiger partial charge in [-0.25, -0.2) is 9.97 Å². The lowest BCUT2D eigenvalue weighted by Crippen LogP contribution is -2.13. The molecule has 5 nitrogen and oxygen atoms in total. The minimum Gasteiger partial charge on any atom is -0.454 e. The summed E-state index contributed by atoms with van der Waals surface area (Å²) in [4.78, 5) is 23.7. The lowest BCUT2D eigenvalue weighted by atomic mass is 10.0. The fourth-order valence-electron chi connectivity index (χ4n) is 2.84. The van der Waals surface area contributed by atoms with Crippen LogP contribution in [0.5, 0.6) is 0 Å². The Morgan fingerprint density at radius 1 is 1.52 bits per heavy atom. The molecule has 0 radical (unpaired) electrons. The van der Waals surface area contributed by atoms with Gasteiger partial charge in [0.05, 0.1) is 5.52 Å². The Hall–Kier alpha value is -1.43. The van der Waals surface area contributed by atoms with Crippen LogP contribution >= 0.6 is 15.9 Å². The van der Waals surface area contributed by atoms with Gasteiger partial charge in [-0.3, -0.25) is 4.79 Å². The zero-order valence-electron chi connectivity index (χ0n) is 11.9.